The molecule has 2 aromatic rings. The van der Waals surface area contributed by atoms with Crippen molar-refractivity contribution in [3.8, 4) is 6.01 Å². The van der Waals surface area contributed by atoms with Crippen molar-refractivity contribution in [3.05, 3.63) is 52.8 Å². The fraction of sp³-hybridized carbons (Fsp3) is 0.353. The minimum atomic E-state index is -3.82. The summed E-state index contributed by atoms with van der Waals surface area (Å²) in [6.07, 6.45) is -0.738. The van der Waals surface area contributed by atoms with Gasteiger partial charge in [0.25, 0.3) is 16.1 Å². The van der Waals surface area contributed by atoms with Crippen LogP contribution in [-0.2, 0) is 23.8 Å². The summed E-state index contributed by atoms with van der Waals surface area (Å²) in [5, 5.41) is 0. The molecule has 28 heavy (non-hydrogen) atoms. The molecule has 11 heteroatoms. The average Bonchev–Trinajstić information content (AvgIpc) is 3.15. The predicted octanol–water partition coefficient (Wildman–Crippen LogP) is 1.47. The van der Waals surface area contributed by atoms with Crippen molar-refractivity contribution in [1.82, 2.24) is 9.55 Å². The van der Waals surface area contributed by atoms with E-state index < -0.39 is 40.6 Å². The molecule has 1 saturated heterocycles. The number of aromatic nitrogens is 2. The smallest absolute Gasteiger partial charge is 0.338 e. The van der Waals surface area contributed by atoms with E-state index in [1.54, 1.807) is 47.2 Å². The van der Waals surface area contributed by atoms with Crippen LogP contribution in [0, 0.1) is 4.64 Å². The second-order valence-electron chi connectivity index (χ2n) is 6.33. The van der Waals surface area contributed by atoms with Gasteiger partial charge in [0.15, 0.2) is 12.3 Å². The molecule has 0 aliphatic carbocycles. The number of fused-ring (bicyclic) bond motifs is 3. The number of carbonyl (C=O) groups is 1. The fourth-order valence-corrected chi connectivity index (χ4v) is 3.90. The Balaban J connectivity index is 1.54. The highest BCUT2D eigenvalue weighted by atomic mass is 32.2. The number of hydrogen-bond donors (Lipinski definition) is 0. The van der Waals surface area contributed by atoms with Crippen LogP contribution in [0.4, 0.5) is 0 Å². The zero-order valence-electron chi connectivity index (χ0n) is 14.6. The Morgan fingerprint density at radius 1 is 1.29 bits per heavy atom. The molecule has 0 N–H and O–H groups in total. The highest BCUT2D eigenvalue weighted by molar-refractivity contribution is 7.86. The van der Waals surface area contributed by atoms with Crippen LogP contribution < -0.4 is 4.74 Å². The summed E-state index contributed by atoms with van der Waals surface area (Å²) in [5.74, 6) is -0.550. The van der Waals surface area contributed by atoms with Gasteiger partial charge in [-0.2, -0.15) is 13.4 Å². The minimum Gasteiger partial charge on any atom is -0.459 e. The van der Waals surface area contributed by atoms with Crippen molar-refractivity contribution in [2.75, 3.05) is 12.9 Å². The van der Waals surface area contributed by atoms with E-state index in [1.165, 1.54) is 0 Å². The van der Waals surface area contributed by atoms with Crippen LogP contribution in [0.1, 0.15) is 16.6 Å². The van der Waals surface area contributed by atoms with Gasteiger partial charge in [-0.15, -0.1) is 0 Å². The molecule has 2 aliphatic rings. The standard InChI is InChI=1S/C17H16N2O7S2/c1-28(21,22)26-13-11(9-23-16(20)10-5-3-2-4-6-10)24-15-14(13)25-17-18-12(27)7-8-19(15)17/h2-8,11,13-15H,9H2,1H3. The summed E-state index contributed by atoms with van der Waals surface area (Å²) in [5.41, 5.74) is 0.374. The summed E-state index contributed by atoms with van der Waals surface area (Å²) >= 11 is 5.01. The number of nitrogens with zero attached hydrogens (tertiary/aromatic N) is 2. The molecule has 3 heterocycles. The number of rotatable bonds is 5. The third kappa shape index (κ3) is 3.78. The predicted molar refractivity (Wildman–Crippen MR) is 97.8 cm³/mol. The molecular formula is C17H16N2O7S2. The van der Waals surface area contributed by atoms with Gasteiger partial charge in [-0.1, -0.05) is 30.4 Å². The number of ether oxygens (including phenoxy) is 3. The van der Waals surface area contributed by atoms with Gasteiger partial charge in [-0.3, -0.25) is 8.75 Å². The normalized spacial score (nSPS) is 25.6. The molecule has 4 unspecified atom stereocenters. The van der Waals surface area contributed by atoms with Crippen molar-refractivity contribution in [2.45, 2.75) is 24.5 Å². The molecule has 9 nitrogen and oxygen atoms in total. The molecule has 0 saturated carbocycles. The van der Waals surface area contributed by atoms with Crippen LogP contribution in [0.25, 0.3) is 0 Å². The van der Waals surface area contributed by atoms with Crippen LogP contribution >= 0.6 is 12.2 Å². The van der Waals surface area contributed by atoms with Crippen LogP contribution in [0.2, 0.25) is 0 Å². The Morgan fingerprint density at radius 3 is 2.75 bits per heavy atom. The first-order valence-electron chi connectivity index (χ1n) is 8.33. The zero-order valence-corrected chi connectivity index (χ0v) is 16.3. The Kier molecular flexibility index (Phi) is 4.91. The Labute approximate surface area is 165 Å². The lowest BCUT2D eigenvalue weighted by molar-refractivity contribution is -0.0466. The molecule has 0 amide bonds. The van der Waals surface area contributed by atoms with E-state index in [1.807, 2.05) is 0 Å². The van der Waals surface area contributed by atoms with Gasteiger partial charge in [-0.05, 0) is 18.2 Å². The summed E-state index contributed by atoms with van der Waals surface area (Å²) in [6, 6.07) is 10.2. The largest absolute Gasteiger partial charge is 0.459 e. The van der Waals surface area contributed by atoms with Crippen molar-refractivity contribution >= 4 is 28.3 Å². The van der Waals surface area contributed by atoms with E-state index in [0.29, 0.717) is 10.2 Å². The third-order valence-electron chi connectivity index (χ3n) is 4.28. The van der Waals surface area contributed by atoms with Crippen molar-refractivity contribution in [3.63, 3.8) is 0 Å². The molecule has 148 valence electrons. The van der Waals surface area contributed by atoms with Crippen LogP contribution in [0.3, 0.4) is 0 Å². The van der Waals surface area contributed by atoms with Gasteiger partial charge in [0, 0.05) is 6.20 Å². The molecular weight excluding hydrogens is 408 g/mol. The number of benzene rings is 1. The Morgan fingerprint density at radius 2 is 2.04 bits per heavy atom. The Bertz CT molecular complexity index is 1050. The summed E-state index contributed by atoms with van der Waals surface area (Å²) in [6.45, 7) is -0.202. The highest BCUT2D eigenvalue weighted by Crippen LogP contribution is 2.41. The third-order valence-corrected chi connectivity index (χ3v) is 5.08. The monoisotopic (exact) mass is 424 g/mol. The minimum absolute atomic E-state index is 0.202. The summed E-state index contributed by atoms with van der Waals surface area (Å²) < 4.78 is 47.5. The molecule has 4 atom stereocenters. The average molecular weight is 424 g/mol. The van der Waals surface area contributed by atoms with Gasteiger partial charge in [0.1, 0.15) is 23.5 Å². The van der Waals surface area contributed by atoms with Crippen LogP contribution in [-0.4, -0.2) is 55.1 Å². The molecule has 1 aromatic heterocycles. The molecule has 2 aliphatic heterocycles. The number of hydrogen-bond acceptors (Lipinski definition) is 9. The van der Waals surface area contributed by atoms with E-state index >= 15 is 0 Å². The van der Waals surface area contributed by atoms with E-state index in [0.717, 1.165) is 6.26 Å². The second-order valence-corrected chi connectivity index (χ2v) is 8.35. The maximum Gasteiger partial charge on any atom is 0.338 e. The highest BCUT2D eigenvalue weighted by Gasteiger charge is 2.54. The lowest BCUT2D eigenvalue weighted by atomic mass is 10.1. The van der Waals surface area contributed by atoms with Crippen molar-refractivity contribution < 1.29 is 31.6 Å². The van der Waals surface area contributed by atoms with Crippen LogP contribution in [0.15, 0.2) is 42.6 Å². The topological polar surface area (TPSA) is 106 Å². The van der Waals surface area contributed by atoms with E-state index in [9.17, 15) is 13.2 Å². The zero-order chi connectivity index (χ0) is 19.9. The summed E-state index contributed by atoms with van der Waals surface area (Å²) in [7, 11) is -3.82. The fourth-order valence-electron chi connectivity index (χ4n) is 3.12. The lowest BCUT2D eigenvalue weighted by Gasteiger charge is -2.20. The quantitative estimate of drug-likeness (QED) is 0.401. The summed E-state index contributed by atoms with van der Waals surface area (Å²) in [4.78, 5) is 16.3. The van der Waals surface area contributed by atoms with Gasteiger partial charge in [0.2, 0.25) is 0 Å². The first-order chi connectivity index (χ1) is 13.3. The van der Waals surface area contributed by atoms with Gasteiger partial charge in [0.05, 0.1) is 11.8 Å². The van der Waals surface area contributed by atoms with E-state index in [4.69, 9.17) is 30.6 Å². The molecule has 4 rings (SSSR count). The van der Waals surface area contributed by atoms with Gasteiger partial charge in [-0.25, -0.2) is 4.79 Å². The van der Waals surface area contributed by atoms with Crippen molar-refractivity contribution in [1.29, 1.82) is 0 Å². The maximum atomic E-state index is 12.2. The van der Waals surface area contributed by atoms with E-state index in [2.05, 4.69) is 4.98 Å². The number of carbonyl (C=O) groups excluding carboxylic acids is 1. The molecule has 1 fully saturated rings. The SMILES string of the molecule is CS(=O)(=O)OC1C(COC(=O)c2ccccc2)OC2C1Oc1nc(=S)ccn12. The first-order valence-corrected chi connectivity index (χ1v) is 10.6. The maximum absolute atomic E-state index is 12.2. The van der Waals surface area contributed by atoms with Gasteiger partial charge < -0.3 is 14.2 Å². The van der Waals surface area contributed by atoms with Crippen molar-refractivity contribution in [2.24, 2.45) is 0 Å². The second kappa shape index (κ2) is 7.24. The molecule has 1 aromatic carbocycles. The Hall–Kier alpha value is -2.34. The lowest BCUT2D eigenvalue weighted by Crippen LogP contribution is -2.40. The molecule has 0 spiro atoms. The van der Waals surface area contributed by atoms with E-state index in [-0.39, 0.29) is 12.6 Å². The number of esters is 1. The van der Waals surface area contributed by atoms with Crippen LogP contribution in [0.5, 0.6) is 6.01 Å². The first kappa shape index (κ1) is 19.0. The molecule has 0 radical (unpaired) electrons. The molecule has 0 bridgehead atoms. The van der Waals surface area contributed by atoms with Gasteiger partial charge >= 0.3 is 5.97 Å².